The molecule has 2 aromatic heterocycles. The number of halogens is 3. The number of benzene rings is 1. The van der Waals surface area contributed by atoms with E-state index in [1.165, 1.54) is 18.9 Å². The van der Waals surface area contributed by atoms with Gasteiger partial charge in [-0.25, -0.2) is 14.7 Å². The molecule has 31 heavy (non-hydrogen) atoms. The van der Waals surface area contributed by atoms with E-state index in [1.54, 1.807) is 30.5 Å². The first kappa shape index (κ1) is 20.6. The summed E-state index contributed by atoms with van der Waals surface area (Å²) < 4.78 is 44.6. The predicted molar refractivity (Wildman–Crippen MR) is 107 cm³/mol. The second-order valence-corrected chi connectivity index (χ2v) is 7.09. The van der Waals surface area contributed by atoms with Crippen LogP contribution in [0.25, 0.3) is 10.9 Å². The van der Waals surface area contributed by atoms with E-state index in [9.17, 15) is 22.8 Å². The zero-order valence-corrected chi connectivity index (χ0v) is 16.6. The molecular formula is C21H17F3N4O3. The summed E-state index contributed by atoms with van der Waals surface area (Å²) >= 11 is 0. The van der Waals surface area contributed by atoms with Gasteiger partial charge in [0, 0.05) is 30.0 Å². The maximum atomic E-state index is 13.2. The van der Waals surface area contributed by atoms with Crippen molar-refractivity contribution in [1.82, 2.24) is 9.97 Å². The van der Waals surface area contributed by atoms with Crippen LogP contribution < -0.4 is 9.80 Å². The van der Waals surface area contributed by atoms with Crippen LogP contribution in [0.2, 0.25) is 0 Å². The molecule has 4 rings (SSSR count). The normalized spacial score (nSPS) is 16.5. The minimum Gasteiger partial charge on any atom is -0.446 e. The summed E-state index contributed by atoms with van der Waals surface area (Å²) in [5, 5.41) is 0.886. The van der Waals surface area contributed by atoms with Gasteiger partial charge >= 0.3 is 12.3 Å². The van der Waals surface area contributed by atoms with Gasteiger partial charge in [-0.3, -0.25) is 9.78 Å². The fourth-order valence-electron chi connectivity index (χ4n) is 3.41. The van der Waals surface area contributed by atoms with Crippen LogP contribution in [0.4, 0.5) is 29.5 Å². The standard InChI is InChI=1S/C21H17F3N4O3/c1-12-8-14(21(22,23)24)9-18(26-12)28-17(11-31-20(28)30)19(29)27(2)15-6-5-13-4-3-7-25-16(13)10-15/h3-10,17H,11H2,1-2H3/t17-/m0/s1. The van der Waals surface area contributed by atoms with E-state index in [0.29, 0.717) is 11.2 Å². The van der Waals surface area contributed by atoms with Crippen LogP contribution in [-0.4, -0.2) is 41.7 Å². The number of hydrogen-bond donors (Lipinski definition) is 0. The summed E-state index contributed by atoms with van der Waals surface area (Å²) in [4.78, 5) is 35.9. The second kappa shape index (κ2) is 7.53. The minimum atomic E-state index is -4.62. The summed E-state index contributed by atoms with van der Waals surface area (Å²) in [6.45, 7) is 1.08. The third-order valence-corrected chi connectivity index (χ3v) is 4.98. The van der Waals surface area contributed by atoms with Gasteiger partial charge in [-0.05, 0) is 37.3 Å². The van der Waals surface area contributed by atoms with Crippen LogP contribution in [-0.2, 0) is 15.7 Å². The van der Waals surface area contributed by atoms with Gasteiger partial charge in [-0.15, -0.1) is 0 Å². The van der Waals surface area contributed by atoms with Crippen LogP contribution in [0.3, 0.4) is 0 Å². The number of anilines is 2. The molecule has 7 nitrogen and oxygen atoms in total. The summed E-state index contributed by atoms with van der Waals surface area (Å²) in [6, 6.07) is 9.34. The molecule has 0 N–H and O–H groups in total. The zero-order valence-electron chi connectivity index (χ0n) is 16.6. The SMILES string of the molecule is Cc1cc(C(F)(F)F)cc(N2C(=O)OC[C@H]2C(=O)N(C)c2ccc3cccnc3c2)n1. The molecule has 1 aliphatic rings. The predicted octanol–water partition coefficient (Wildman–Crippen LogP) is 3.95. The van der Waals surface area contributed by atoms with Gasteiger partial charge in [-0.1, -0.05) is 12.1 Å². The van der Waals surface area contributed by atoms with E-state index in [2.05, 4.69) is 9.97 Å². The van der Waals surface area contributed by atoms with E-state index in [4.69, 9.17) is 4.74 Å². The van der Waals surface area contributed by atoms with Gasteiger partial charge in [-0.2, -0.15) is 13.2 Å². The second-order valence-electron chi connectivity index (χ2n) is 7.09. The molecule has 1 fully saturated rings. The van der Waals surface area contributed by atoms with Crippen molar-refractivity contribution in [2.24, 2.45) is 0 Å². The third kappa shape index (κ3) is 3.88. The van der Waals surface area contributed by atoms with Crippen LogP contribution in [0.5, 0.6) is 0 Å². The fraction of sp³-hybridized carbons (Fsp3) is 0.238. The Morgan fingerprint density at radius 2 is 2.00 bits per heavy atom. The van der Waals surface area contributed by atoms with E-state index in [0.717, 1.165) is 22.4 Å². The number of fused-ring (bicyclic) bond motifs is 1. The number of likely N-dealkylation sites (N-methyl/N-ethyl adjacent to an activating group) is 1. The van der Waals surface area contributed by atoms with Gasteiger partial charge < -0.3 is 9.64 Å². The van der Waals surface area contributed by atoms with Gasteiger partial charge in [0.15, 0.2) is 6.04 Å². The molecule has 160 valence electrons. The molecule has 1 aromatic carbocycles. The topological polar surface area (TPSA) is 75.6 Å². The lowest BCUT2D eigenvalue weighted by Gasteiger charge is -2.26. The van der Waals surface area contributed by atoms with Crippen molar-refractivity contribution >= 4 is 34.4 Å². The average molecular weight is 430 g/mol. The molecule has 3 aromatic rings. The Bertz CT molecular complexity index is 1180. The quantitative estimate of drug-likeness (QED) is 0.629. The van der Waals surface area contributed by atoms with E-state index < -0.39 is 29.8 Å². The van der Waals surface area contributed by atoms with Crippen molar-refractivity contribution < 1.29 is 27.5 Å². The highest BCUT2D eigenvalue weighted by Gasteiger charge is 2.43. The molecule has 1 saturated heterocycles. The number of hydrogen-bond acceptors (Lipinski definition) is 5. The molecule has 0 spiro atoms. The molecule has 0 saturated carbocycles. The fourth-order valence-corrected chi connectivity index (χ4v) is 3.41. The van der Waals surface area contributed by atoms with Crippen molar-refractivity contribution in [3.8, 4) is 0 Å². The molecule has 0 unspecified atom stereocenters. The van der Waals surface area contributed by atoms with E-state index in [-0.39, 0.29) is 18.1 Å². The molecule has 0 radical (unpaired) electrons. The highest BCUT2D eigenvalue weighted by molar-refractivity contribution is 6.06. The molecule has 3 heterocycles. The number of aryl methyl sites for hydroxylation is 1. The number of alkyl halides is 3. The van der Waals surface area contributed by atoms with Crippen LogP contribution in [0, 0.1) is 6.92 Å². The highest BCUT2D eigenvalue weighted by Crippen LogP contribution is 2.33. The lowest BCUT2D eigenvalue weighted by molar-refractivity contribution is -0.137. The number of carbonyl (C=O) groups is 2. The maximum Gasteiger partial charge on any atom is 0.416 e. The molecular weight excluding hydrogens is 413 g/mol. The first-order valence-corrected chi connectivity index (χ1v) is 9.29. The Hall–Kier alpha value is -3.69. The van der Waals surface area contributed by atoms with E-state index in [1.807, 2.05) is 6.07 Å². The average Bonchev–Trinajstić information content (AvgIpc) is 3.12. The summed E-state index contributed by atoms with van der Waals surface area (Å²) in [6.07, 6.45) is -3.93. The number of nitrogens with zero attached hydrogens (tertiary/aromatic N) is 4. The summed E-state index contributed by atoms with van der Waals surface area (Å²) in [5.74, 6) is -0.820. The Morgan fingerprint density at radius 3 is 2.74 bits per heavy atom. The Morgan fingerprint density at radius 1 is 1.23 bits per heavy atom. The number of aromatic nitrogens is 2. The van der Waals surface area contributed by atoms with Crippen molar-refractivity contribution in [2.75, 3.05) is 23.5 Å². The smallest absolute Gasteiger partial charge is 0.416 e. The van der Waals surface area contributed by atoms with Crippen molar-refractivity contribution in [3.05, 3.63) is 59.9 Å². The van der Waals surface area contributed by atoms with Crippen LogP contribution >= 0.6 is 0 Å². The van der Waals surface area contributed by atoms with Gasteiger partial charge in [0.2, 0.25) is 0 Å². The number of rotatable bonds is 3. The zero-order chi connectivity index (χ0) is 22.3. The minimum absolute atomic E-state index is 0.0599. The Labute approximate surface area is 175 Å². The Kier molecular flexibility index (Phi) is 5.00. The first-order valence-electron chi connectivity index (χ1n) is 9.29. The van der Waals surface area contributed by atoms with Crippen molar-refractivity contribution in [2.45, 2.75) is 19.1 Å². The number of ether oxygens (including phenoxy) is 1. The molecule has 10 heteroatoms. The highest BCUT2D eigenvalue weighted by atomic mass is 19.4. The number of amides is 2. The van der Waals surface area contributed by atoms with E-state index >= 15 is 0 Å². The first-order chi connectivity index (χ1) is 14.6. The Balaban J connectivity index is 1.67. The van der Waals surface area contributed by atoms with Crippen molar-refractivity contribution in [1.29, 1.82) is 0 Å². The molecule has 0 aliphatic carbocycles. The number of cyclic esters (lactones) is 1. The number of carbonyl (C=O) groups excluding carboxylic acids is 2. The van der Waals surface area contributed by atoms with Gasteiger partial charge in [0.1, 0.15) is 12.4 Å². The van der Waals surface area contributed by atoms with Crippen LogP contribution in [0.15, 0.2) is 48.7 Å². The maximum absolute atomic E-state index is 13.2. The van der Waals surface area contributed by atoms with Gasteiger partial charge in [0.05, 0.1) is 11.1 Å². The lowest BCUT2D eigenvalue weighted by atomic mass is 10.1. The summed E-state index contributed by atoms with van der Waals surface area (Å²) in [7, 11) is 1.51. The largest absolute Gasteiger partial charge is 0.446 e. The molecule has 1 aliphatic heterocycles. The molecule has 0 bridgehead atoms. The van der Waals surface area contributed by atoms with Crippen molar-refractivity contribution in [3.63, 3.8) is 0 Å². The van der Waals surface area contributed by atoms with Gasteiger partial charge in [0.25, 0.3) is 5.91 Å². The monoisotopic (exact) mass is 430 g/mol. The summed E-state index contributed by atoms with van der Waals surface area (Å²) in [5.41, 5.74) is 0.286. The molecule has 1 atom stereocenters. The van der Waals surface area contributed by atoms with Crippen LogP contribution in [0.1, 0.15) is 11.3 Å². The number of pyridine rings is 2. The third-order valence-electron chi connectivity index (χ3n) is 4.98. The lowest BCUT2D eigenvalue weighted by Crippen LogP contribution is -2.47. The molecule has 2 amide bonds.